The number of hydrogen-bond donors (Lipinski definition) is 2. The summed E-state index contributed by atoms with van der Waals surface area (Å²) in [5, 5.41) is 6.23. The van der Waals surface area contributed by atoms with Crippen LogP contribution in [0.5, 0.6) is 5.75 Å². The number of amides is 1. The van der Waals surface area contributed by atoms with Crippen LogP contribution in [-0.2, 0) is 4.79 Å². The first-order chi connectivity index (χ1) is 9.97. The summed E-state index contributed by atoms with van der Waals surface area (Å²) >= 11 is 0. The minimum absolute atomic E-state index is 0.0793. The third-order valence-corrected chi connectivity index (χ3v) is 4.39. The predicted molar refractivity (Wildman–Crippen MR) is 84.6 cm³/mol. The highest BCUT2D eigenvalue weighted by Crippen LogP contribution is 2.41. The van der Waals surface area contributed by atoms with Crippen molar-refractivity contribution >= 4 is 5.91 Å². The molecule has 0 saturated heterocycles. The number of benzene rings is 1. The normalized spacial score (nSPS) is 21.5. The first-order valence-electron chi connectivity index (χ1n) is 7.56. The molecule has 0 aromatic heterocycles. The van der Waals surface area contributed by atoms with E-state index >= 15 is 0 Å². The van der Waals surface area contributed by atoms with Crippen molar-refractivity contribution in [3.8, 4) is 5.75 Å². The molecule has 1 aromatic carbocycles. The number of hydrogen-bond acceptors (Lipinski definition) is 3. The Kier molecular flexibility index (Phi) is 4.88. The number of carbonyl (C=O) groups is 1. The van der Waals surface area contributed by atoms with Crippen molar-refractivity contribution in [2.24, 2.45) is 5.41 Å². The zero-order valence-electron chi connectivity index (χ0n) is 13.4. The Hall–Kier alpha value is -1.55. The van der Waals surface area contributed by atoms with Gasteiger partial charge >= 0.3 is 0 Å². The maximum absolute atomic E-state index is 11.8. The quantitative estimate of drug-likeness (QED) is 0.845. The van der Waals surface area contributed by atoms with Gasteiger partial charge in [-0.05, 0) is 44.2 Å². The molecular formula is C17H26N2O2. The lowest BCUT2D eigenvalue weighted by Gasteiger charge is -2.38. The molecule has 4 nitrogen and oxygen atoms in total. The highest BCUT2D eigenvalue weighted by molar-refractivity contribution is 5.81. The maximum atomic E-state index is 11.8. The fourth-order valence-electron chi connectivity index (χ4n) is 2.86. The predicted octanol–water partition coefficient (Wildman–Crippen LogP) is 2.30. The van der Waals surface area contributed by atoms with E-state index in [2.05, 4.69) is 22.8 Å². The number of para-hydroxylation sites is 1. The third kappa shape index (κ3) is 3.56. The van der Waals surface area contributed by atoms with Crippen molar-refractivity contribution < 1.29 is 9.53 Å². The van der Waals surface area contributed by atoms with Crippen LogP contribution in [0.4, 0.5) is 0 Å². The molecule has 116 valence electrons. The average molecular weight is 290 g/mol. The van der Waals surface area contributed by atoms with Crippen molar-refractivity contribution in [1.29, 1.82) is 0 Å². The molecule has 1 aliphatic rings. The lowest BCUT2D eigenvalue weighted by molar-refractivity contribution is -0.128. The third-order valence-electron chi connectivity index (χ3n) is 4.39. The van der Waals surface area contributed by atoms with E-state index in [-0.39, 0.29) is 11.3 Å². The number of rotatable bonds is 6. The summed E-state index contributed by atoms with van der Waals surface area (Å²) in [4.78, 5) is 11.8. The van der Waals surface area contributed by atoms with Crippen LogP contribution in [0.2, 0.25) is 0 Å². The van der Waals surface area contributed by atoms with E-state index in [1.54, 1.807) is 14.2 Å². The van der Waals surface area contributed by atoms with Gasteiger partial charge in [0.2, 0.25) is 5.91 Å². The van der Waals surface area contributed by atoms with Crippen molar-refractivity contribution in [1.82, 2.24) is 10.6 Å². The van der Waals surface area contributed by atoms with Gasteiger partial charge < -0.3 is 15.4 Å². The molecule has 2 N–H and O–H groups in total. The van der Waals surface area contributed by atoms with Crippen LogP contribution in [0, 0.1) is 5.41 Å². The molecule has 1 amide bonds. The molecule has 0 spiro atoms. The Balaban J connectivity index is 1.83. The van der Waals surface area contributed by atoms with E-state index < -0.39 is 0 Å². The van der Waals surface area contributed by atoms with E-state index in [0.717, 1.165) is 18.6 Å². The van der Waals surface area contributed by atoms with Crippen LogP contribution < -0.4 is 15.4 Å². The van der Waals surface area contributed by atoms with Crippen LogP contribution in [0.25, 0.3) is 0 Å². The second kappa shape index (κ2) is 6.48. The van der Waals surface area contributed by atoms with Gasteiger partial charge in [-0.15, -0.1) is 0 Å². The second-order valence-electron chi connectivity index (χ2n) is 6.45. The van der Waals surface area contributed by atoms with E-state index in [1.165, 1.54) is 5.56 Å². The van der Waals surface area contributed by atoms with Crippen molar-refractivity contribution in [3.63, 3.8) is 0 Å². The van der Waals surface area contributed by atoms with E-state index in [4.69, 9.17) is 4.74 Å². The SMILES string of the molecule is CNC(=O)C(C)(C)CNC1CC(c2ccccc2OC)C1. The average Bonchev–Trinajstić information content (AvgIpc) is 2.45. The maximum Gasteiger partial charge on any atom is 0.226 e. The molecule has 21 heavy (non-hydrogen) atoms. The minimum atomic E-state index is -0.371. The van der Waals surface area contributed by atoms with Crippen LogP contribution in [0.1, 0.15) is 38.2 Å². The number of nitrogens with one attached hydrogen (secondary N) is 2. The molecule has 0 unspecified atom stereocenters. The topological polar surface area (TPSA) is 50.4 Å². The number of ether oxygens (including phenoxy) is 1. The Morgan fingerprint density at radius 1 is 1.33 bits per heavy atom. The molecule has 0 radical (unpaired) electrons. The van der Waals surface area contributed by atoms with E-state index in [1.807, 2.05) is 26.0 Å². The van der Waals surface area contributed by atoms with Crippen LogP contribution in [-0.4, -0.2) is 32.7 Å². The van der Waals surface area contributed by atoms with Gasteiger partial charge in [0.05, 0.1) is 12.5 Å². The van der Waals surface area contributed by atoms with E-state index in [9.17, 15) is 4.79 Å². The van der Waals surface area contributed by atoms with Gasteiger partial charge in [0, 0.05) is 19.6 Å². The fraction of sp³-hybridized carbons (Fsp3) is 0.588. The Labute approximate surface area is 127 Å². The van der Waals surface area contributed by atoms with Crippen LogP contribution in [0.3, 0.4) is 0 Å². The molecular weight excluding hydrogens is 264 g/mol. The largest absolute Gasteiger partial charge is 0.496 e. The van der Waals surface area contributed by atoms with Gasteiger partial charge in [-0.3, -0.25) is 4.79 Å². The smallest absolute Gasteiger partial charge is 0.226 e. The van der Waals surface area contributed by atoms with E-state index in [0.29, 0.717) is 18.5 Å². The first kappa shape index (κ1) is 15.8. The number of methoxy groups -OCH3 is 1. The molecule has 1 saturated carbocycles. The summed E-state index contributed by atoms with van der Waals surface area (Å²) in [6.07, 6.45) is 2.20. The first-order valence-corrected chi connectivity index (χ1v) is 7.56. The zero-order valence-corrected chi connectivity index (χ0v) is 13.4. The van der Waals surface area contributed by atoms with Gasteiger partial charge in [0.15, 0.2) is 0 Å². The van der Waals surface area contributed by atoms with Crippen LogP contribution >= 0.6 is 0 Å². The molecule has 1 fully saturated rings. The minimum Gasteiger partial charge on any atom is -0.496 e. The van der Waals surface area contributed by atoms with Crippen LogP contribution in [0.15, 0.2) is 24.3 Å². The van der Waals surface area contributed by atoms with Gasteiger partial charge in [0.1, 0.15) is 5.75 Å². The Morgan fingerprint density at radius 2 is 2.00 bits per heavy atom. The van der Waals surface area contributed by atoms with Crippen molar-refractivity contribution in [2.45, 2.75) is 38.6 Å². The second-order valence-corrected chi connectivity index (χ2v) is 6.45. The molecule has 2 rings (SSSR count). The van der Waals surface area contributed by atoms with Crippen molar-refractivity contribution in [3.05, 3.63) is 29.8 Å². The molecule has 1 aliphatic carbocycles. The molecule has 0 bridgehead atoms. The summed E-state index contributed by atoms with van der Waals surface area (Å²) in [7, 11) is 3.41. The summed E-state index contributed by atoms with van der Waals surface area (Å²) in [6.45, 7) is 4.64. The number of carbonyl (C=O) groups excluding carboxylic acids is 1. The van der Waals surface area contributed by atoms with Gasteiger partial charge in [-0.25, -0.2) is 0 Å². The van der Waals surface area contributed by atoms with Gasteiger partial charge in [-0.1, -0.05) is 18.2 Å². The molecule has 1 aromatic rings. The van der Waals surface area contributed by atoms with Gasteiger partial charge in [-0.2, -0.15) is 0 Å². The molecule has 0 heterocycles. The lowest BCUT2D eigenvalue weighted by atomic mass is 9.75. The molecule has 0 atom stereocenters. The highest BCUT2D eigenvalue weighted by Gasteiger charge is 2.34. The summed E-state index contributed by atoms with van der Waals surface area (Å²) in [5.74, 6) is 1.61. The van der Waals surface area contributed by atoms with Gasteiger partial charge in [0.25, 0.3) is 0 Å². The summed E-state index contributed by atoms with van der Waals surface area (Å²) in [5.41, 5.74) is 0.924. The summed E-state index contributed by atoms with van der Waals surface area (Å²) < 4.78 is 5.42. The standard InChI is InChI=1S/C17H26N2O2/c1-17(2,16(20)18-3)11-19-13-9-12(10-13)14-7-5-6-8-15(14)21-4/h5-8,12-13,19H,9-11H2,1-4H3,(H,18,20). The summed E-state index contributed by atoms with van der Waals surface area (Å²) in [6, 6.07) is 8.72. The zero-order chi connectivity index (χ0) is 15.5. The Morgan fingerprint density at radius 3 is 2.62 bits per heavy atom. The highest BCUT2D eigenvalue weighted by atomic mass is 16.5. The molecule has 4 heteroatoms. The lowest BCUT2D eigenvalue weighted by Crippen LogP contribution is -2.48. The monoisotopic (exact) mass is 290 g/mol. The molecule has 0 aliphatic heterocycles. The fourth-order valence-corrected chi connectivity index (χ4v) is 2.86. The Bertz CT molecular complexity index is 493. The van der Waals surface area contributed by atoms with Crippen molar-refractivity contribution in [2.75, 3.05) is 20.7 Å².